The summed E-state index contributed by atoms with van der Waals surface area (Å²) in [6.45, 7) is 1.95. The molecule has 1 amide bonds. The lowest BCUT2D eigenvalue weighted by Crippen LogP contribution is -3.09. The molecule has 1 heterocycles. The van der Waals surface area contributed by atoms with Crippen LogP contribution in [0.25, 0.3) is 0 Å². The minimum Gasteiger partial charge on any atom is -1.00 e. The average Bonchev–Trinajstić information content (AvgIpc) is 1.88. The number of nitrogens with two attached hydrogens (primary N) is 1. The average molecular weight is 177 g/mol. The second-order valence-corrected chi connectivity index (χ2v) is 2.75. The Morgan fingerprint density at radius 1 is 1.73 bits per heavy atom. The number of quaternary nitrogens is 1. The van der Waals surface area contributed by atoms with Crippen LogP contribution in [0, 0.1) is 0 Å². The van der Waals surface area contributed by atoms with E-state index in [-0.39, 0.29) is 18.3 Å². The van der Waals surface area contributed by atoms with E-state index in [0.29, 0.717) is 0 Å². The molecule has 0 saturated carbocycles. The van der Waals surface area contributed by atoms with E-state index in [1.807, 2.05) is 6.08 Å². The molecule has 3 N–H and O–H groups in total. The smallest absolute Gasteiger partial charge is 0.244 e. The van der Waals surface area contributed by atoms with Crippen molar-refractivity contribution in [2.45, 2.75) is 6.42 Å². The molecule has 1 aliphatic heterocycles. The number of hydrogen-bond donors (Lipinski definition) is 2. The molecule has 1 rings (SSSR count). The molecule has 11 heavy (non-hydrogen) atoms. The Kier molecular flexibility index (Phi) is 4.15. The first-order chi connectivity index (χ1) is 4.70. The standard InChI is InChI=1S/C7H12N2O.ClH/c1-9-4-2-6(3-5-9)7(8)10;/h2H,3-5H2,1H3,(H2,8,10);1H. The van der Waals surface area contributed by atoms with Crippen molar-refractivity contribution in [1.82, 2.24) is 0 Å². The number of likely N-dealkylation sites (N-methyl/N-ethyl adjacent to an activating group) is 1. The highest BCUT2D eigenvalue weighted by Crippen LogP contribution is 1.99. The Balaban J connectivity index is 0.000001000. The van der Waals surface area contributed by atoms with E-state index in [1.54, 1.807) is 0 Å². The Morgan fingerprint density at radius 3 is 2.73 bits per heavy atom. The third-order valence-electron chi connectivity index (χ3n) is 1.83. The number of amides is 1. The topological polar surface area (TPSA) is 47.5 Å². The monoisotopic (exact) mass is 176 g/mol. The van der Waals surface area contributed by atoms with Crippen LogP contribution >= 0.6 is 0 Å². The quantitative estimate of drug-likeness (QED) is 0.415. The number of carbonyl (C=O) groups excluding carboxylic acids is 1. The van der Waals surface area contributed by atoms with Gasteiger partial charge in [0.05, 0.1) is 20.1 Å². The summed E-state index contributed by atoms with van der Waals surface area (Å²) >= 11 is 0. The van der Waals surface area contributed by atoms with Gasteiger partial charge in [0.2, 0.25) is 5.91 Å². The first-order valence-corrected chi connectivity index (χ1v) is 3.50. The minimum absolute atomic E-state index is 0. The molecule has 0 saturated heterocycles. The molecule has 3 nitrogen and oxygen atoms in total. The zero-order chi connectivity index (χ0) is 7.56. The summed E-state index contributed by atoms with van der Waals surface area (Å²) < 4.78 is 0. The van der Waals surface area contributed by atoms with Crippen LogP contribution in [0.4, 0.5) is 0 Å². The SMILES string of the molecule is C[NH+]1CC=C(C(N)=O)CC1.[Cl-]. The number of rotatable bonds is 1. The van der Waals surface area contributed by atoms with Gasteiger partial charge in [0, 0.05) is 12.0 Å². The molecule has 4 heteroatoms. The van der Waals surface area contributed by atoms with Gasteiger partial charge in [-0.15, -0.1) is 0 Å². The van der Waals surface area contributed by atoms with Crippen molar-refractivity contribution in [1.29, 1.82) is 0 Å². The van der Waals surface area contributed by atoms with E-state index in [4.69, 9.17) is 5.73 Å². The maximum Gasteiger partial charge on any atom is 0.244 e. The van der Waals surface area contributed by atoms with E-state index < -0.39 is 0 Å². The molecule has 1 atom stereocenters. The Bertz CT molecular complexity index is 179. The summed E-state index contributed by atoms with van der Waals surface area (Å²) in [6, 6.07) is 0. The molecule has 0 aromatic carbocycles. The number of halogens is 1. The van der Waals surface area contributed by atoms with Crippen molar-refractivity contribution in [2.24, 2.45) is 5.73 Å². The lowest BCUT2D eigenvalue weighted by Gasteiger charge is -2.17. The minimum atomic E-state index is -0.257. The lowest BCUT2D eigenvalue weighted by atomic mass is 10.1. The molecule has 0 bridgehead atoms. The van der Waals surface area contributed by atoms with Crippen LogP contribution in [0.3, 0.4) is 0 Å². The normalized spacial score (nSPS) is 23.4. The maximum absolute atomic E-state index is 10.6. The molecule has 0 aliphatic carbocycles. The summed E-state index contributed by atoms with van der Waals surface area (Å²) in [5.74, 6) is -0.257. The molecule has 0 aromatic heterocycles. The van der Waals surface area contributed by atoms with E-state index in [0.717, 1.165) is 25.1 Å². The third kappa shape index (κ3) is 2.91. The number of hydrogen-bond acceptors (Lipinski definition) is 1. The third-order valence-corrected chi connectivity index (χ3v) is 1.83. The summed E-state index contributed by atoms with van der Waals surface area (Å²) in [5, 5.41) is 0. The van der Waals surface area contributed by atoms with Gasteiger partial charge in [-0.3, -0.25) is 4.79 Å². The van der Waals surface area contributed by atoms with Gasteiger partial charge in [-0.2, -0.15) is 0 Å². The summed E-state index contributed by atoms with van der Waals surface area (Å²) in [5.41, 5.74) is 5.89. The highest BCUT2D eigenvalue weighted by molar-refractivity contribution is 5.91. The molecule has 0 fully saturated rings. The maximum atomic E-state index is 10.6. The van der Waals surface area contributed by atoms with Crippen LogP contribution in [-0.2, 0) is 4.79 Å². The molecule has 0 aromatic rings. The fraction of sp³-hybridized carbons (Fsp3) is 0.571. The zero-order valence-corrected chi connectivity index (χ0v) is 7.32. The van der Waals surface area contributed by atoms with Crippen molar-refractivity contribution in [3.63, 3.8) is 0 Å². The van der Waals surface area contributed by atoms with E-state index in [9.17, 15) is 4.79 Å². The number of primary amides is 1. The molecule has 64 valence electrons. The highest BCUT2D eigenvalue weighted by Gasteiger charge is 2.13. The van der Waals surface area contributed by atoms with Gasteiger partial charge in [-0.05, 0) is 6.08 Å². The number of nitrogens with one attached hydrogen (secondary N) is 1. The summed E-state index contributed by atoms with van der Waals surface area (Å²) in [7, 11) is 2.11. The summed E-state index contributed by atoms with van der Waals surface area (Å²) in [4.78, 5) is 12.0. The van der Waals surface area contributed by atoms with E-state index >= 15 is 0 Å². The Morgan fingerprint density at radius 2 is 2.36 bits per heavy atom. The van der Waals surface area contributed by atoms with Crippen LogP contribution in [-0.4, -0.2) is 26.0 Å². The van der Waals surface area contributed by atoms with Gasteiger partial charge in [0.1, 0.15) is 0 Å². The second kappa shape index (κ2) is 4.36. The molecule has 0 spiro atoms. The molecular formula is C7H13ClN2O. The fourth-order valence-corrected chi connectivity index (χ4v) is 1.07. The van der Waals surface area contributed by atoms with Crippen molar-refractivity contribution < 1.29 is 22.1 Å². The summed E-state index contributed by atoms with van der Waals surface area (Å²) in [6.07, 6.45) is 2.77. The molecule has 1 aliphatic rings. The predicted octanol–water partition coefficient (Wildman–Crippen LogP) is -4.68. The van der Waals surface area contributed by atoms with Gasteiger partial charge >= 0.3 is 0 Å². The van der Waals surface area contributed by atoms with Crippen molar-refractivity contribution in [3.05, 3.63) is 11.6 Å². The van der Waals surface area contributed by atoms with Crippen LogP contribution in [0.5, 0.6) is 0 Å². The largest absolute Gasteiger partial charge is 1.00 e. The predicted molar refractivity (Wildman–Crippen MR) is 38.5 cm³/mol. The highest BCUT2D eigenvalue weighted by atomic mass is 35.5. The van der Waals surface area contributed by atoms with Crippen LogP contribution in [0.15, 0.2) is 11.6 Å². The van der Waals surface area contributed by atoms with Crippen molar-refractivity contribution >= 4 is 5.91 Å². The Hall–Kier alpha value is -0.540. The van der Waals surface area contributed by atoms with Gasteiger partial charge in [0.15, 0.2) is 0 Å². The second-order valence-electron chi connectivity index (χ2n) is 2.75. The van der Waals surface area contributed by atoms with Gasteiger partial charge in [-0.1, -0.05) is 0 Å². The molecule has 1 unspecified atom stereocenters. The van der Waals surface area contributed by atoms with Crippen molar-refractivity contribution in [3.8, 4) is 0 Å². The zero-order valence-electron chi connectivity index (χ0n) is 6.56. The van der Waals surface area contributed by atoms with Crippen LogP contribution in [0.1, 0.15) is 6.42 Å². The van der Waals surface area contributed by atoms with Crippen molar-refractivity contribution in [2.75, 3.05) is 20.1 Å². The fourth-order valence-electron chi connectivity index (χ4n) is 1.07. The first-order valence-electron chi connectivity index (χ1n) is 3.50. The Labute approximate surface area is 72.6 Å². The van der Waals surface area contributed by atoms with Gasteiger partial charge in [0.25, 0.3) is 0 Å². The first kappa shape index (κ1) is 10.5. The molecular weight excluding hydrogens is 164 g/mol. The van der Waals surface area contributed by atoms with E-state index in [2.05, 4.69) is 7.05 Å². The van der Waals surface area contributed by atoms with Gasteiger partial charge in [-0.25, -0.2) is 0 Å². The lowest BCUT2D eigenvalue weighted by molar-refractivity contribution is -0.874. The van der Waals surface area contributed by atoms with Crippen LogP contribution in [0.2, 0.25) is 0 Å². The molecule has 0 radical (unpaired) electrons. The van der Waals surface area contributed by atoms with Gasteiger partial charge < -0.3 is 23.0 Å². The van der Waals surface area contributed by atoms with Crippen LogP contribution < -0.4 is 23.0 Å². The van der Waals surface area contributed by atoms with E-state index in [1.165, 1.54) is 4.90 Å². The number of carbonyl (C=O) groups is 1.